The maximum absolute atomic E-state index is 12.3. The van der Waals surface area contributed by atoms with Crippen LogP contribution in [0.1, 0.15) is 12.1 Å². The molecule has 0 bridgehead atoms. The van der Waals surface area contributed by atoms with Crippen LogP contribution in [0.5, 0.6) is 0 Å². The number of amides is 1. The Morgan fingerprint density at radius 3 is 2.72 bits per heavy atom. The Labute approximate surface area is 182 Å². The maximum Gasteiger partial charge on any atom is 0.407 e. The fraction of sp³-hybridized carbons (Fsp3) is 0.130. The summed E-state index contributed by atoms with van der Waals surface area (Å²) in [6.45, 7) is 0.812. The van der Waals surface area contributed by atoms with Crippen molar-refractivity contribution in [3.63, 3.8) is 0 Å². The van der Waals surface area contributed by atoms with Gasteiger partial charge in [-0.3, -0.25) is 9.36 Å². The predicted octanol–water partition coefficient (Wildman–Crippen LogP) is 3.62. The zero-order valence-corrected chi connectivity index (χ0v) is 17.0. The van der Waals surface area contributed by atoms with Crippen molar-refractivity contribution in [3.8, 4) is 5.69 Å². The Balaban J connectivity index is 1.46. The summed E-state index contributed by atoms with van der Waals surface area (Å²) in [6.07, 6.45) is 4.84. The van der Waals surface area contributed by atoms with Crippen molar-refractivity contribution in [3.05, 3.63) is 83.2 Å². The number of rotatable bonds is 4. The number of aromatic amines is 1. The molecule has 0 unspecified atom stereocenters. The van der Waals surface area contributed by atoms with Gasteiger partial charge in [0.25, 0.3) is 5.56 Å². The summed E-state index contributed by atoms with van der Waals surface area (Å²) in [5.74, 6) is 0.610. The van der Waals surface area contributed by atoms with Crippen molar-refractivity contribution in [1.29, 1.82) is 0 Å². The molecule has 0 aliphatic carbocycles. The number of anilines is 2. The van der Waals surface area contributed by atoms with Gasteiger partial charge in [0.1, 0.15) is 17.8 Å². The van der Waals surface area contributed by atoms with Gasteiger partial charge < -0.3 is 20.3 Å². The van der Waals surface area contributed by atoms with Gasteiger partial charge in [-0.1, -0.05) is 24.3 Å². The summed E-state index contributed by atoms with van der Waals surface area (Å²) >= 11 is 0. The van der Waals surface area contributed by atoms with Crippen LogP contribution in [0.15, 0.2) is 71.9 Å². The Morgan fingerprint density at radius 2 is 1.97 bits per heavy atom. The number of para-hydroxylation sites is 1. The summed E-state index contributed by atoms with van der Waals surface area (Å²) in [7, 11) is 0. The van der Waals surface area contributed by atoms with Gasteiger partial charge in [-0.2, -0.15) is 0 Å². The van der Waals surface area contributed by atoms with Crippen LogP contribution in [0.2, 0.25) is 0 Å². The average molecular weight is 428 g/mol. The van der Waals surface area contributed by atoms with Crippen LogP contribution in [0, 0.1) is 0 Å². The number of H-pyrrole nitrogens is 1. The highest BCUT2D eigenvalue weighted by molar-refractivity contribution is 5.92. The third-order valence-electron chi connectivity index (χ3n) is 5.46. The average Bonchev–Trinajstić information content (AvgIpc) is 3.26. The van der Waals surface area contributed by atoms with Crippen molar-refractivity contribution in [2.75, 3.05) is 18.4 Å². The van der Waals surface area contributed by atoms with E-state index >= 15 is 0 Å². The molecule has 0 atom stereocenters. The zero-order chi connectivity index (χ0) is 22.1. The highest BCUT2D eigenvalue weighted by Crippen LogP contribution is 2.29. The van der Waals surface area contributed by atoms with Crippen molar-refractivity contribution < 1.29 is 9.90 Å². The smallest absolute Gasteiger partial charge is 0.407 e. The van der Waals surface area contributed by atoms with E-state index in [0.29, 0.717) is 36.7 Å². The SMILES string of the molecule is O=C(O)N1CC=C(c2cc3c(Nc4ccc(=O)n(-c5ccccc5)c4)ncnc3[nH]2)CC1. The minimum absolute atomic E-state index is 0.127. The number of carboxylic acid groups (broad SMARTS) is 1. The molecule has 0 saturated carbocycles. The number of nitrogens with one attached hydrogen (secondary N) is 2. The van der Waals surface area contributed by atoms with Crippen molar-refractivity contribution in [2.45, 2.75) is 6.42 Å². The number of benzene rings is 1. The van der Waals surface area contributed by atoms with E-state index in [1.165, 1.54) is 17.3 Å². The summed E-state index contributed by atoms with van der Waals surface area (Å²) < 4.78 is 1.57. The molecule has 9 nitrogen and oxygen atoms in total. The molecule has 0 saturated heterocycles. The van der Waals surface area contributed by atoms with Crippen LogP contribution in [-0.2, 0) is 0 Å². The van der Waals surface area contributed by atoms with Gasteiger partial charge >= 0.3 is 6.09 Å². The van der Waals surface area contributed by atoms with Gasteiger partial charge in [-0.25, -0.2) is 14.8 Å². The third-order valence-corrected chi connectivity index (χ3v) is 5.46. The van der Waals surface area contributed by atoms with Crippen molar-refractivity contribution >= 4 is 34.2 Å². The van der Waals surface area contributed by atoms with Crippen LogP contribution in [0.25, 0.3) is 22.3 Å². The van der Waals surface area contributed by atoms with Crippen LogP contribution in [0.3, 0.4) is 0 Å². The van der Waals surface area contributed by atoms with Gasteiger partial charge in [-0.15, -0.1) is 0 Å². The molecule has 5 rings (SSSR count). The first-order chi connectivity index (χ1) is 15.6. The van der Waals surface area contributed by atoms with Crippen molar-refractivity contribution in [1.82, 2.24) is 24.4 Å². The first kappa shape index (κ1) is 19.6. The number of hydrogen-bond acceptors (Lipinski definition) is 5. The zero-order valence-electron chi connectivity index (χ0n) is 17.0. The fourth-order valence-electron chi connectivity index (χ4n) is 3.79. The topological polar surface area (TPSA) is 116 Å². The molecule has 0 radical (unpaired) electrons. The molecule has 9 heteroatoms. The molecule has 1 amide bonds. The van der Waals surface area contributed by atoms with E-state index in [4.69, 9.17) is 5.11 Å². The Hall–Kier alpha value is -4.40. The standard InChI is InChI=1S/C23H20N6O3/c30-20-7-6-16(13-29(20)17-4-2-1-3-5-17)26-21-18-12-19(27-22(18)25-14-24-21)15-8-10-28(11-9-15)23(31)32/h1-8,12-14H,9-11H2,(H,31,32)(H2,24,25,26,27). The van der Waals surface area contributed by atoms with E-state index in [-0.39, 0.29) is 5.56 Å². The van der Waals surface area contributed by atoms with E-state index in [9.17, 15) is 9.59 Å². The molecular weight excluding hydrogens is 408 g/mol. The van der Waals surface area contributed by atoms with Crippen LogP contribution < -0.4 is 10.9 Å². The second-order valence-electron chi connectivity index (χ2n) is 7.46. The fourth-order valence-corrected chi connectivity index (χ4v) is 3.79. The van der Waals surface area contributed by atoms with E-state index in [0.717, 1.165) is 22.3 Å². The largest absolute Gasteiger partial charge is 0.465 e. The molecule has 1 aromatic carbocycles. The first-order valence-corrected chi connectivity index (χ1v) is 10.1. The summed E-state index contributed by atoms with van der Waals surface area (Å²) in [6, 6.07) is 14.6. The van der Waals surface area contributed by atoms with Gasteiger partial charge in [0, 0.05) is 36.7 Å². The van der Waals surface area contributed by atoms with E-state index < -0.39 is 6.09 Å². The van der Waals surface area contributed by atoms with Crippen LogP contribution >= 0.6 is 0 Å². The molecule has 1 aliphatic rings. The lowest BCUT2D eigenvalue weighted by atomic mass is 10.1. The molecule has 0 fully saturated rings. The molecule has 160 valence electrons. The normalized spacial score (nSPS) is 13.8. The second kappa shape index (κ2) is 8.03. The van der Waals surface area contributed by atoms with E-state index in [1.54, 1.807) is 16.8 Å². The van der Waals surface area contributed by atoms with Crippen LogP contribution in [-0.4, -0.2) is 48.7 Å². The highest BCUT2D eigenvalue weighted by Gasteiger charge is 2.19. The summed E-state index contributed by atoms with van der Waals surface area (Å²) in [5, 5.41) is 13.2. The van der Waals surface area contributed by atoms with E-state index in [2.05, 4.69) is 20.3 Å². The Kier molecular flexibility index (Phi) is 4.91. The number of fused-ring (bicyclic) bond motifs is 1. The van der Waals surface area contributed by atoms with Gasteiger partial charge in [-0.05, 0) is 36.3 Å². The van der Waals surface area contributed by atoms with Gasteiger partial charge in [0.05, 0.1) is 11.1 Å². The molecule has 3 aromatic heterocycles. The first-order valence-electron chi connectivity index (χ1n) is 10.1. The number of nitrogens with zero attached hydrogens (tertiary/aromatic N) is 4. The number of aromatic nitrogens is 4. The highest BCUT2D eigenvalue weighted by atomic mass is 16.4. The third kappa shape index (κ3) is 3.71. The van der Waals surface area contributed by atoms with E-state index in [1.807, 2.05) is 42.5 Å². The van der Waals surface area contributed by atoms with Gasteiger partial charge in [0.15, 0.2) is 0 Å². The summed E-state index contributed by atoms with van der Waals surface area (Å²) in [4.78, 5) is 36.9. The number of hydrogen-bond donors (Lipinski definition) is 3. The lowest BCUT2D eigenvalue weighted by Gasteiger charge is -2.23. The second-order valence-corrected chi connectivity index (χ2v) is 7.46. The molecule has 0 spiro atoms. The quantitative estimate of drug-likeness (QED) is 0.457. The predicted molar refractivity (Wildman–Crippen MR) is 121 cm³/mol. The lowest BCUT2D eigenvalue weighted by molar-refractivity contribution is 0.150. The monoisotopic (exact) mass is 428 g/mol. The number of pyridine rings is 1. The Bertz CT molecular complexity index is 1390. The molecule has 4 aromatic rings. The molecular formula is C23H20N6O3. The molecule has 32 heavy (non-hydrogen) atoms. The molecule has 3 N–H and O–H groups in total. The minimum Gasteiger partial charge on any atom is -0.465 e. The maximum atomic E-state index is 12.3. The van der Waals surface area contributed by atoms with Gasteiger partial charge in [0.2, 0.25) is 0 Å². The molecule has 4 heterocycles. The number of carbonyl (C=O) groups is 1. The Morgan fingerprint density at radius 1 is 1.12 bits per heavy atom. The summed E-state index contributed by atoms with van der Waals surface area (Å²) in [5.41, 5.74) is 3.98. The molecule has 1 aliphatic heterocycles. The minimum atomic E-state index is -0.911. The lowest BCUT2D eigenvalue weighted by Crippen LogP contribution is -2.33. The van der Waals surface area contributed by atoms with Crippen LogP contribution in [0.4, 0.5) is 16.3 Å². The van der Waals surface area contributed by atoms with Crippen molar-refractivity contribution in [2.24, 2.45) is 0 Å².